The van der Waals surface area contributed by atoms with Crippen molar-refractivity contribution in [1.29, 1.82) is 0 Å². The third-order valence-corrected chi connectivity index (χ3v) is 4.54. The average Bonchev–Trinajstić information content (AvgIpc) is 2.94. The first kappa shape index (κ1) is 14.1. The Bertz CT molecular complexity index is 606. The van der Waals surface area contributed by atoms with Gasteiger partial charge in [0.25, 0.3) is 0 Å². The minimum absolute atomic E-state index is 0.272. The minimum Gasteiger partial charge on any atom is -0.486 e. The highest BCUT2D eigenvalue weighted by Gasteiger charge is 2.13. The van der Waals surface area contributed by atoms with E-state index >= 15 is 0 Å². The predicted octanol–water partition coefficient (Wildman–Crippen LogP) is 3.31. The van der Waals surface area contributed by atoms with Gasteiger partial charge in [-0.25, -0.2) is 4.79 Å². The number of aryl methyl sites for hydroxylation is 2. The Balaban J connectivity index is 2.11. The van der Waals surface area contributed by atoms with Gasteiger partial charge in [0.15, 0.2) is 0 Å². The largest absolute Gasteiger partial charge is 0.486 e. The zero-order valence-corrected chi connectivity index (χ0v) is 12.9. The van der Waals surface area contributed by atoms with Crippen LogP contribution in [0.15, 0.2) is 15.9 Å². The molecule has 2 aromatic rings. The molecule has 0 spiro atoms. The molecule has 5 nitrogen and oxygen atoms in total. The van der Waals surface area contributed by atoms with E-state index in [9.17, 15) is 4.79 Å². The van der Waals surface area contributed by atoms with E-state index < -0.39 is 5.97 Å². The standard InChI is InChI=1S/C12H13BrN2O3S/c1-3-15-9(11(13)7(2)14-15)5-18-8-4-10(12(16)17)19-6-8/h4,6H,3,5H2,1-2H3,(H,16,17). The monoisotopic (exact) mass is 344 g/mol. The third kappa shape index (κ3) is 2.98. The molecule has 0 fully saturated rings. The molecule has 0 atom stereocenters. The smallest absolute Gasteiger partial charge is 0.346 e. The Morgan fingerprint density at radius 1 is 1.63 bits per heavy atom. The van der Waals surface area contributed by atoms with Crippen LogP contribution in [0.25, 0.3) is 0 Å². The number of carboxylic acids is 1. The highest BCUT2D eigenvalue weighted by atomic mass is 79.9. The zero-order valence-electron chi connectivity index (χ0n) is 10.5. The van der Waals surface area contributed by atoms with Gasteiger partial charge >= 0.3 is 5.97 Å². The number of hydrogen-bond donors (Lipinski definition) is 1. The van der Waals surface area contributed by atoms with Crippen molar-refractivity contribution in [2.75, 3.05) is 0 Å². The Labute approximate surface area is 122 Å². The van der Waals surface area contributed by atoms with E-state index in [0.717, 1.165) is 33.7 Å². The molecule has 0 aliphatic carbocycles. The second kappa shape index (κ2) is 5.75. The number of aromatic carboxylic acids is 1. The van der Waals surface area contributed by atoms with E-state index in [0.29, 0.717) is 12.4 Å². The summed E-state index contributed by atoms with van der Waals surface area (Å²) in [6, 6.07) is 1.53. The normalized spacial score (nSPS) is 10.7. The second-order valence-corrected chi connectivity index (χ2v) is 5.61. The van der Waals surface area contributed by atoms with Gasteiger partial charge < -0.3 is 9.84 Å². The van der Waals surface area contributed by atoms with Gasteiger partial charge in [0.05, 0.1) is 15.9 Å². The van der Waals surface area contributed by atoms with Crippen LogP contribution in [-0.4, -0.2) is 20.9 Å². The van der Waals surface area contributed by atoms with Gasteiger partial charge in [0.1, 0.15) is 17.2 Å². The minimum atomic E-state index is -0.935. The second-order valence-electron chi connectivity index (χ2n) is 3.90. The van der Waals surface area contributed by atoms with E-state index in [2.05, 4.69) is 21.0 Å². The molecular formula is C12H13BrN2O3S. The number of aromatic nitrogens is 2. The van der Waals surface area contributed by atoms with Crippen molar-refractivity contribution in [3.8, 4) is 5.75 Å². The Morgan fingerprint density at radius 3 is 2.95 bits per heavy atom. The fourth-order valence-corrected chi connectivity index (χ4v) is 2.73. The molecule has 0 saturated carbocycles. The highest BCUT2D eigenvalue weighted by Crippen LogP contribution is 2.25. The van der Waals surface area contributed by atoms with Crippen molar-refractivity contribution >= 4 is 33.2 Å². The summed E-state index contributed by atoms with van der Waals surface area (Å²) in [4.78, 5) is 11.1. The molecule has 0 aliphatic heterocycles. The van der Waals surface area contributed by atoms with Gasteiger partial charge in [-0.3, -0.25) is 4.68 Å². The molecule has 2 heterocycles. The molecule has 102 valence electrons. The molecule has 0 saturated heterocycles. The molecule has 7 heteroatoms. The van der Waals surface area contributed by atoms with E-state index in [1.165, 1.54) is 6.07 Å². The van der Waals surface area contributed by atoms with Gasteiger partial charge in [0, 0.05) is 18.0 Å². The molecule has 2 aromatic heterocycles. The lowest BCUT2D eigenvalue weighted by Gasteiger charge is -2.06. The molecule has 0 unspecified atom stereocenters. The lowest BCUT2D eigenvalue weighted by atomic mass is 10.4. The summed E-state index contributed by atoms with van der Waals surface area (Å²) < 4.78 is 8.41. The maximum atomic E-state index is 10.8. The van der Waals surface area contributed by atoms with Crippen LogP contribution in [0.3, 0.4) is 0 Å². The van der Waals surface area contributed by atoms with E-state index in [4.69, 9.17) is 9.84 Å². The van der Waals surface area contributed by atoms with Gasteiger partial charge in [-0.15, -0.1) is 11.3 Å². The number of carboxylic acid groups (broad SMARTS) is 1. The molecule has 2 rings (SSSR count). The number of thiophene rings is 1. The average molecular weight is 345 g/mol. The fourth-order valence-electron chi connectivity index (χ4n) is 1.67. The van der Waals surface area contributed by atoms with Crippen LogP contribution < -0.4 is 4.74 Å². The summed E-state index contributed by atoms with van der Waals surface area (Å²) >= 11 is 4.64. The van der Waals surface area contributed by atoms with Crippen LogP contribution in [-0.2, 0) is 13.2 Å². The number of halogens is 1. The molecule has 0 amide bonds. The van der Waals surface area contributed by atoms with Gasteiger partial charge in [-0.05, 0) is 29.8 Å². The number of hydrogen-bond acceptors (Lipinski definition) is 4. The molecule has 1 N–H and O–H groups in total. The van der Waals surface area contributed by atoms with Crippen molar-refractivity contribution < 1.29 is 14.6 Å². The Morgan fingerprint density at radius 2 is 2.37 bits per heavy atom. The maximum absolute atomic E-state index is 10.8. The summed E-state index contributed by atoms with van der Waals surface area (Å²) in [6.07, 6.45) is 0. The van der Waals surface area contributed by atoms with Crippen LogP contribution in [0.2, 0.25) is 0 Å². The quantitative estimate of drug-likeness (QED) is 0.903. The Hall–Kier alpha value is -1.34. The van der Waals surface area contributed by atoms with Crippen molar-refractivity contribution in [2.45, 2.75) is 27.0 Å². The lowest BCUT2D eigenvalue weighted by Crippen LogP contribution is -2.06. The SMILES string of the molecule is CCn1nc(C)c(Br)c1COc1csc(C(=O)O)c1. The first-order valence-electron chi connectivity index (χ1n) is 5.69. The topological polar surface area (TPSA) is 64.4 Å². The first-order chi connectivity index (χ1) is 9.02. The predicted molar refractivity (Wildman–Crippen MR) is 75.9 cm³/mol. The number of rotatable bonds is 5. The van der Waals surface area contributed by atoms with E-state index in [1.54, 1.807) is 5.38 Å². The summed E-state index contributed by atoms with van der Waals surface area (Å²) in [7, 11) is 0. The Kier molecular flexibility index (Phi) is 4.26. The molecule has 0 bridgehead atoms. The number of nitrogens with zero attached hydrogens (tertiary/aromatic N) is 2. The van der Waals surface area contributed by atoms with Gasteiger partial charge in [-0.1, -0.05) is 0 Å². The van der Waals surface area contributed by atoms with Crippen molar-refractivity contribution in [2.24, 2.45) is 0 Å². The molecule has 0 aliphatic rings. The van der Waals surface area contributed by atoms with Crippen molar-refractivity contribution in [1.82, 2.24) is 9.78 Å². The summed E-state index contributed by atoms with van der Waals surface area (Å²) in [6.45, 7) is 5.04. The zero-order chi connectivity index (χ0) is 14.0. The van der Waals surface area contributed by atoms with Gasteiger partial charge in [0.2, 0.25) is 0 Å². The molecule has 0 aromatic carbocycles. The summed E-state index contributed by atoms with van der Waals surface area (Å²) in [5.41, 5.74) is 1.86. The van der Waals surface area contributed by atoms with Crippen LogP contribution in [0.5, 0.6) is 5.75 Å². The van der Waals surface area contributed by atoms with Crippen LogP contribution in [0, 0.1) is 6.92 Å². The van der Waals surface area contributed by atoms with Crippen LogP contribution in [0.1, 0.15) is 28.0 Å². The third-order valence-electron chi connectivity index (χ3n) is 2.61. The lowest BCUT2D eigenvalue weighted by molar-refractivity contribution is 0.0702. The molecular weight excluding hydrogens is 332 g/mol. The van der Waals surface area contributed by atoms with E-state index in [-0.39, 0.29) is 4.88 Å². The highest BCUT2D eigenvalue weighted by molar-refractivity contribution is 9.10. The van der Waals surface area contributed by atoms with Crippen LogP contribution >= 0.6 is 27.3 Å². The number of carbonyl (C=O) groups is 1. The van der Waals surface area contributed by atoms with Crippen LogP contribution in [0.4, 0.5) is 0 Å². The van der Waals surface area contributed by atoms with Gasteiger partial charge in [-0.2, -0.15) is 5.10 Å². The van der Waals surface area contributed by atoms with Crippen molar-refractivity contribution in [3.05, 3.63) is 32.2 Å². The summed E-state index contributed by atoms with van der Waals surface area (Å²) in [5, 5.41) is 14.9. The van der Waals surface area contributed by atoms with Crippen molar-refractivity contribution in [3.63, 3.8) is 0 Å². The first-order valence-corrected chi connectivity index (χ1v) is 7.36. The summed E-state index contributed by atoms with van der Waals surface area (Å²) in [5.74, 6) is -0.369. The maximum Gasteiger partial charge on any atom is 0.346 e. The fraction of sp³-hybridized carbons (Fsp3) is 0.333. The number of ether oxygens (including phenoxy) is 1. The molecule has 19 heavy (non-hydrogen) atoms. The molecule has 0 radical (unpaired) electrons. The van der Waals surface area contributed by atoms with E-state index in [1.807, 2.05) is 18.5 Å².